The summed E-state index contributed by atoms with van der Waals surface area (Å²) < 4.78 is 6.55. The van der Waals surface area contributed by atoms with Gasteiger partial charge in [0, 0.05) is 18.2 Å². The van der Waals surface area contributed by atoms with Crippen molar-refractivity contribution in [2.24, 2.45) is 0 Å². The molecule has 0 saturated heterocycles. The van der Waals surface area contributed by atoms with E-state index < -0.39 is 11.2 Å². The van der Waals surface area contributed by atoms with Crippen LogP contribution >= 0.6 is 23.1 Å². The number of nitrogens with one attached hydrogen (secondary N) is 3. The van der Waals surface area contributed by atoms with E-state index in [2.05, 4.69) is 20.3 Å². The highest BCUT2D eigenvalue weighted by atomic mass is 32.2. The fraction of sp³-hybridized carbons (Fsp3) is 0.312. The minimum absolute atomic E-state index is 0.00965. The lowest BCUT2D eigenvalue weighted by Crippen LogP contribution is -2.25. The minimum Gasteiger partial charge on any atom is -0.445 e. The molecule has 0 aliphatic heterocycles. The summed E-state index contributed by atoms with van der Waals surface area (Å²) in [5.74, 6) is 1.11. The fourth-order valence-corrected chi connectivity index (χ4v) is 4.32. The number of carbonyl (C=O) groups excluding carboxylic acids is 1. The first-order valence-electron chi connectivity index (χ1n) is 8.12. The zero-order chi connectivity index (χ0) is 19.4. The number of carbonyl (C=O) groups is 1. The number of aromatic amines is 2. The predicted molar refractivity (Wildman–Crippen MR) is 102 cm³/mol. The van der Waals surface area contributed by atoms with Gasteiger partial charge in [-0.05, 0) is 6.92 Å². The van der Waals surface area contributed by atoms with Crippen LogP contribution in [0.1, 0.15) is 36.4 Å². The molecule has 1 unspecified atom stereocenters. The van der Waals surface area contributed by atoms with Crippen molar-refractivity contribution in [3.8, 4) is 0 Å². The SMILES string of the molecule is CCc1cnc(C(C)Sc2cnc(NC(=O)Cc3cc(=O)[nH]c(=O)[nH]3)s2)o1. The molecule has 0 fully saturated rings. The smallest absolute Gasteiger partial charge is 0.325 e. The monoisotopic (exact) mass is 407 g/mol. The molecule has 3 rings (SSSR count). The second-order valence-electron chi connectivity index (χ2n) is 5.60. The maximum atomic E-state index is 12.1. The van der Waals surface area contributed by atoms with Crippen molar-refractivity contribution in [3.05, 3.63) is 56.6 Å². The van der Waals surface area contributed by atoms with Gasteiger partial charge < -0.3 is 14.7 Å². The van der Waals surface area contributed by atoms with E-state index in [9.17, 15) is 14.4 Å². The molecule has 0 saturated carbocycles. The van der Waals surface area contributed by atoms with Crippen molar-refractivity contribution in [1.29, 1.82) is 0 Å². The summed E-state index contributed by atoms with van der Waals surface area (Å²) in [6.45, 7) is 3.98. The lowest BCUT2D eigenvalue weighted by Gasteiger charge is -2.04. The summed E-state index contributed by atoms with van der Waals surface area (Å²) in [7, 11) is 0. The summed E-state index contributed by atoms with van der Waals surface area (Å²) in [6, 6.07) is 1.17. The normalized spacial score (nSPS) is 12.1. The Balaban J connectivity index is 1.59. The third kappa shape index (κ3) is 5.17. The van der Waals surface area contributed by atoms with Crippen molar-refractivity contribution in [2.75, 3.05) is 5.32 Å². The van der Waals surface area contributed by atoms with Gasteiger partial charge in [0.2, 0.25) is 11.8 Å². The average Bonchev–Trinajstić information content (AvgIpc) is 3.23. The zero-order valence-corrected chi connectivity index (χ0v) is 16.2. The number of amides is 1. The van der Waals surface area contributed by atoms with Gasteiger partial charge in [0.05, 0.1) is 28.3 Å². The van der Waals surface area contributed by atoms with Crippen molar-refractivity contribution in [2.45, 2.75) is 36.1 Å². The van der Waals surface area contributed by atoms with E-state index in [-0.39, 0.29) is 23.3 Å². The van der Waals surface area contributed by atoms with Crippen LogP contribution in [0.5, 0.6) is 0 Å². The molecule has 27 heavy (non-hydrogen) atoms. The van der Waals surface area contributed by atoms with E-state index in [0.29, 0.717) is 11.0 Å². The summed E-state index contributed by atoms with van der Waals surface area (Å²) in [6.07, 6.45) is 4.05. The molecule has 0 aliphatic rings. The van der Waals surface area contributed by atoms with Crippen LogP contribution in [-0.2, 0) is 17.6 Å². The summed E-state index contributed by atoms with van der Waals surface area (Å²) in [5, 5.41) is 3.10. The standard InChI is InChI=1S/C16H17N5O4S2/c1-3-10-6-17-14(25-10)8(2)26-13-7-18-16(27-13)21-12(23)5-9-4-11(22)20-15(24)19-9/h4,6-8H,3,5H2,1-2H3,(H,18,21,23)(H2,19,20,22,24). The van der Waals surface area contributed by atoms with Crippen molar-refractivity contribution < 1.29 is 9.21 Å². The van der Waals surface area contributed by atoms with Crippen LogP contribution in [0.4, 0.5) is 5.13 Å². The van der Waals surface area contributed by atoms with E-state index >= 15 is 0 Å². The number of H-pyrrole nitrogens is 2. The first-order chi connectivity index (χ1) is 12.9. The van der Waals surface area contributed by atoms with Gasteiger partial charge in [-0.15, -0.1) is 11.8 Å². The highest BCUT2D eigenvalue weighted by molar-refractivity contribution is 8.01. The number of thiazole rings is 1. The van der Waals surface area contributed by atoms with Crippen LogP contribution in [0.15, 0.2) is 36.7 Å². The van der Waals surface area contributed by atoms with Gasteiger partial charge in [0.15, 0.2) is 5.13 Å². The number of hydrogen-bond acceptors (Lipinski definition) is 8. The lowest BCUT2D eigenvalue weighted by molar-refractivity contribution is -0.115. The first-order valence-corrected chi connectivity index (χ1v) is 9.82. The molecule has 0 radical (unpaired) electrons. The molecule has 1 amide bonds. The van der Waals surface area contributed by atoms with Gasteiger partial charge in [-0.3, -0.25) is 14.6 Å². The Morgan fingerprint density at radius 2 is 2.15 bits per heavy atom. The van der Waals surface area contributed by atoms with Crippen molar-refractivity contribution in [1.82, 2.24) is 19.9 Å². The number of aryl methyl sites for hydroxylation is 1. The lowest BCUT2D eigenvalue weighted by atomic mass is 10.3. The number of rotatable bonds is 7. The van der Waals surface area contributed by atoms with Gasteiger partial charge in [-0.25, -0.2) is 14.8 Å². The number of oxazole rings is 1. The molecule has 0 bridgehead atoms. The molecule has 0 aliphatic carbocycles. The number of anilines is 1. The largest absolute Gasteiger partial charge is 0.445 e. The van der Waals surface area contributed by atoms with Gasteiger partial charge in [0.25, 0.3) is 5.56 Å². The number of thioether (sulfide) groups is 1. The first kappa shape index (κ1) is 19.1. The van der Waals surface area contributed by atoms with E-state index in [1.807, 2.05) is 18.8 Å². The highest BCUT2D eigenvalue weighted by Gasteiger charge is 2.16. The Morgan fingerprint density at radius 3 is 2.85 bits per heavy atom. The van der Waals surface area contributed by atoms with Crippen LogP contribution in [0.3, 0.4) is 0 Å². The molecule has 0 aromatic carbocycles. The summed E-state index contributed by atoms with van der Waals surface area (Å²) in [5.41, 5.74) is -0.970. The molecule has 11 heteroatoms. The topological polar surface area (TPSA) is 134 Å². The van der Waals surface area contributed by atoms with Gasteiger partial charge in [0.1, 0.15) is 5.76 Å². The average molecular weight is 407 g/mol. The second-order valence-corrected chi connectivity index (χ2v) is 8.27. The van der Waals surface area contributed by atoms with Crippen LogP contribution in [0.2, 0.25) is 0 Å². The third-order valence-electron chi connectivity index (χ3n) is 3.46. The van der Waals surface area contributed by atoms with E-state index in [1.54, 1.807) is 12.4 Å². The van der Waals surface area contributed by atoms with Crippen molar-refractivity contribution >= 4 is 34.1 Å². The van der Waals surface area contributed by atoms with Crippen LogP contribution < -0.4 is 16.6 Å². The van der Waals surface area contributed by atoms with Crippen LogP contribution in [0.25, 0.3) is 0 Å². The Labute approximate surface area is 161 Å². The molecular weight excluding hydrogens is 390 g/mol. The maximum Gasteiger partial charge on any atom is 0.325 e. The molecule has 3 aromatic rings. The van der Waals surface area contributed by atoms with Crippen LogP contribution in [-0.4, -0.2) is 25.8 Å². The minimum atomic E-state index is -0.648. The second kappa shape index (κ2) is 8.35. The number of nitrogens with zero attached hydrogens (tertiary/aromatic N) is 2. The van der Waals surface area contributed by atoms with Gasteiger partial charge >= 0.3 is 5.69 Å². The Bertz CT molecular complexity index is 1020. The molecular formula is C16H17N5O4S2. The zero-order valence-electron chi connectivity index (χ0n) is 14.6. The molecule has 3 aromatic heterocycles. The molecule has 9 nitrogen and oxygen atoms in total. The van der Waals surface area contributed by atoms with E-state index in [0.717, 1.165) is 16.4 Å². The molecule has 3 heterocycles. The molecule has 142 valence electrons. The predicted octanol–water partition coefficient (Wildman–Crippen LogP) is 2.10. The molecule has 0 spiro atoms. The Kier molecular flexibility index (Phi) is 5.91. The molecule has 3 N–H and O–H groups in total. The number of hydrogen-bond donors (Lipinski definition) is 3. The molecule has 1 atom stereocenters. The van der Waals surface area contributed by atoms with E-state index in [4.69, 9.17) is 4.42 Å². The quantitative estimate of drug-likeness (QED) is 0.511. The van der Waals surface area contributed by atoms with Crippen LogP contribution in [0, 0.1) is 0 Å². The van der Waals surface area contributed by atoms with E-state index in [1.165, 1.54) is 29.2 Å². The van der Waals surface area contributed by atoms with Gasteiger partial charge in [-0.1, -0.05) is 18.3 Å². The summed E-state index contributed by atoms with van der Waals surface area (Å²) >= 11 is 2.86. The fourth-order valence-electron chi connectivity index (χ4n) is 2.22. The third-order valence-corrected chi connectivity index (χ3v) is 5.60. The number of aromatic nitrogens is 4. The van der Waals surface area contributed by atoms with Crippen molar-refractivity contribution in [3.63, 3.8) is 0 Å². The Hall–Kier alpha value is -2.66. The summed E-state index contributed by atoms with van der Waals surface area (Å²) in [4.78, 5) is 47.5. The Morgan fingerprint density at radius 1 is 1.33 bits per heavy atom. The highest BCUT2D eigenvalue weighted by Crippen LogP contribution is 2.38. The van der Waals surface area contributed by atoms with Gasteiger partial charge in [-0.2, -0.15) is 0 Å². The maximum absolute atomic E-state index is 12.1.